The van der Waals surface area contributed by atoms with Crippen LogP contribution >= 0.6 is 22.6 Å². The average Bonchev–Trinajstić information content (AvgIpc) is 2.35. The number of hydrogen-bond donors (Lipinski definition) is 1. The average molecular weight is 407 g/mol. The molecule has 1 rings (SSSR count). The van der Waals surface area contributed by atoms with Crippen molar-refractivity contribution in [1.82, 2.24) is 5.32 Å². The fourth-order valence-electron chi connectivity index (χ4n) is 1.57. The summed E-state index contributed by atoms with van der Waals surface area (Å²) >= 11 is 1.61. The van der Waals surface area contributed by atoms with Crippen molar-refractivity contribution in [2.45, 2.75) is 29.5 Å². The van der Waals surface area contributed by atoms with E-state index in [-0.39, 0.29) is 5.91 Å². The van der Waals surface area contributed by atoms with Gasteiger partial charge < -0.3 is 0 Å². The number of carbonyl (C=O) groups excluding carboxylic acids is 1. The molecule has 0 saturated heterocycles. The Kier molecular flexibility index (Phi) is 7.21. The zero-order valence-electron chi connectivity index (χ0n) is 10.4. The molecule has 1 N–H and O–H groups in total. The van der Waals surface area contributed by atoms with Gasteiger partial charge in [0.25, 0.3) is 0 Å². The summed E-state index contributed by atoms with van der Waals surface area (Å²) in [5, 5.41) is 6.90. The van der Waals surface area contributed by atoms with Crippen molar-refractivity contribution in [3.63, 3.8) is 0 Å². The van der Waals surface area contributed by atoms with Gasteiger partial charge in [0, 0.05) is 0 Å². The van der Waals surface area contributed by atoms with Crippen LogP contribution in [0.5, 0.6) is 0 Å². The van der Waals surface area contributed by atoms with Crippen LogP contribution in [0.25, 0.3) is 0 Å². The molecule has 0 unspecified atom stereocenters. The van der Waals surface area contributed by atoms with Gasteiger partial charge in [0.1, 0.15) is 0 Å². The molecule has 0 aliphatic carbocycles. The van der Waals surface area contributed by atoms with Gasteiger partial charge in [0.15, 0.2) is 0 Å². The number of amides is 1. The van der Waals surface area contributed by atoms with Gasteiger partial charge in [0.2, 0.25) is 0 Å². The summed E-state index contributed by atoms with van der Waals surface area (Å²) in [5.74, 6) is 0.0579. The van der Waals surface area contributed by atoms with Crippen LogP contribution in [-0.4, -0.2) is 27.1 Å². The molecule has 0 saturated carbocycles. The van der Waals surface area contributed by atoms with Gasteiger partial charge >= 0.3 is 123 Å². The SMILES string of the molecule is CC[As](CC)CCNC(=O)c1ccc(I)cc1. The van der Waals surface area contributed by atoms with E-state index in [4.69, 9.17) is 0 Å². The van der Waals surface area contributed by atoms with Gasteiger partial charge in [-0.25, -0.2) is 0 Å². The van der Waals surface area contributed by atoms with E-state index in [1.807, 2.05) is 24.3 Å². The van der Waals surface area contributed by atoms with E-state index in [9.17, 15) is 4.79 Å². The van der Waals surface area contributed by atoms with Crippen LogP contribution in [-0.2, 0) is 0 Å². The Hall–Kier alpha value is -0.0216. The molecule has 0 heterocycles. The molecule has 2 nitrogen and oxygen atoms in total. The molecular weight excluding hydrogens is 388 g/mol. The van der Waals surface area contributed by atoms with Crippen LogP contribution < -0.4 is 5.32 Å². The van der Waals surface area contributed by atoms with Crippen LogP contribution in [0, 0.1) is 3.57 Å². The number of benzene rings is 1. The van der Waals surface area contributed by atoms with Gasteiger partial charge in [-0.05, 0) is 0 Å². The molecule has 0 aromatic heterocycles. The molecule has 94 valence electrons. The second kappa shape index (κ2) is 8.15. The van der Waals surface area contributed by atoms with Crippen LogP contribution in [0.2, 0.25) is 15.6 Å². The normalized spacial score (nSPS) is 10.6. The van der Waals surface area contributed by atoms with Gasteiger partial charge in [-0.2, -0.15) is 0 Å². The van der Waals surface area contributed by atoms with Crippen molar-refractivity contribution in [2.75, 3.05) is 6.54 Å². The Morgan fingerprint density at radius 3 is 2.35 bits per heavy atom. The Morgan fingerprint density at radius 1 is 1.24 bits per heavy atom. The quantitative estimate of drug-likeness (QED) is 0.568. The third-order valence-electron chi connectivity index (χ3n) is 2.71. The van der Waals surface area contributed by atoms with Crippen molar-refractivity contribution in [2.24, 2.45) is 0 Å². The van der Waals surface area contributed by atoms with Crippen molar-refractivity contribution in [3.05, 3.63) is 33.4 Å². The van der Waals surface area contributed by atoms with Crippen molar-refractivity contribution < 1.29 is 4.79 Å². The predicted molar refractivity (Wildman–Crippen MR) is 83.0 cm³/mol. The van der Waals surface area contributed by atoms with E-state index in [2.05, 4.69) is 41.8 Å². The Morgan fingerprint density at radius 2 is 1.82 bits per heavy atom. The number of nitrogens with one attached hydrogen (secondary N) is 1. The van der Waals surface area contributed by atoms with Gasteiger partial charge in [-0.1, -0.05) is 0 Å². The van der Waals surface area contributed by atoms with E-state index in [1.165, 1.54) is 15.6 Å². The van der Waals surface area contributed by atoms with Crippen LogP contribution in [0.15, 0.2) is 24.3 Å². The van der Waals surface area contributed by atoms with E-state index < -0.39 is 14.7 Å². The Labute approximate surface area is 122 Å². The molecule has 0 bridgehead atoms. The molecule has 0 aliphatic heterocycles. The summed E-state index contributed by atoms with van der Waals surface area (Å²) in [6.45, 7) is 5.38. The molecule has 17 heavy (non-hydrogen) atoms. The maximum absolute atomic E-state index is 11.8. The summed E-state index contributed by atoms with van der Waals surface area (Å²) in [6, 6.07) is 7.69. The molecule has 4 heteroatoms. The third-order valence-corrected chi connectivity index (χ3v) is 8.98. The van der Waals surface area contributed by atoms with Crippen LogP contribution in [0.1, 0.15) is 24.2 Å². The number of carbonyl (C=O) groups is 1. The summed E-state index contributed by atoms with van der Waals surface area (Å²) in [6.07, 6.45) is 0. The molecule has 0 fully saturated rings. The number of halogens is 1. The fourth-order valence-corrected chi connectivity index (χ4v) is 5.09. The zero-order valence-corrected chi connectivity index (χ0v) is 14.4. The molecule has 1 aromatic carbocycles. The number of rotatable bonds is 6. The molecule has 0 spiro atoms. The van der Waals surface area contributed by atoms with E-state index in [0.29, 0.717) is 0 Å². The minimum absolute atomic E-state index is 0.0579. The maximum atomic E-state index is 11.8. The summed E-state index contributed by atoms with van der Waals surface area (Å²) in [4.78, 5) is 11.8. The Bertz CT molecular complexity index is 349. The molecule has 0 aliphatic rings. The summed E-state index contributed by atoms with van der Waals surface area (Å²) < 4.78 is 1.16. The first kappa shape index (κ1) is 15.0. The predicted octanol–water partition coefficient (Wildman–Crippen LogP) is 3.56. The standard InChI is InChI=1S/C13H19AsINO/c1-3-14(4-2)9-10-16-13(17)11-5-7-12(15)8-6-11/h5-8H,3-4,9-10H2,1-2H3,(H,16,17). The van der Waals surface area contributed by atoms with Gasteiger partial charge in [0.05, 0.1) is 0 Å². The second-order valence-electron chi connectivity index (χ2n) is 3.79. The number of hydrogen-bond acceptors (Lipinski definition) is 1. The molecular formula is C13H19AsINO. The first-order valence-electron chi connectivity index (χ1n) is 5.93. The van der Waals surface area contributed by atoms with Crippen molar-refractivity contribution in [3.8, 4) is 0 Å². The van der Waals surface area contributed by atoms with Gasteiger partial charge in [-0.15, -0.1) is 0 Å². The third kappa shape index (κ3) is 5.43. The Balaban J connectivity index is 2.37. The fraction of sp³-hybridized carbons (Fsp3) is 0.462. The van der Waals surface area contributed by atoms with E-state index in [0.717, 1.165) is 15.7 Å². The molecule has 1 aromatic rings. The first-order chi connectivity index (χ1) is 8.17. The van der Waals surface area contributed by atoms with Crippen molar-refractivity contribution in [1.29, 1.82) is 0 Å². The topological polar surface area (TPSA) is 29.1 Å². The summed E-state index contributed by atoms with van der Waals surface area (Å²) in [7, 11) is 0. The van der Waals surface area contributed by atoms with Crippen LogP contribution in [0.4, 0.5) is 0 Å². The second-order valence-corrected chi connectivity index (χ2v) is 11.4. The zero-order chi connectivity index (χ0) is 12.7. The van der Waals surface area contributed by atoms with Crippen molar-refractivity contribution >= 4 is 43.1 Å². The first-order valence-corrected chi connectivity index (χ1v) is 11.0. The molecule has 0 atom stereocenters. The van der Waals surface area contributed by atoms with E-state index >= 15 is 0 Å². The minimum atomic E-state index is -0.634. The monoisotopic (exact) mass is 407 g/mol. The molecule has 1 amide bonds. The van der Waals surface area contributed by atoms with Crippen LogP contribution in [0.3, 0.4) is 0 Å². The van der Waals surface area contributed by atoms with Gasteiger partial charge in [-0.3, -0.25) is 0 Å². The summed E-state index contributed by atoms with van der Waals surface area (Å²) in [5.41, 5.74) is 0.762. The molecule has 0 radical (unpaired) electrons. The van der Waals surface area contributed by atoms with E-state index in [1.54, 1.807) is 0 Å².